The third-order valence-corrected chi connectivity index (χ3v) is 4.91. The first kappa shape index (κ1) is 19.9. The number of esters is 1. The number of Topliss-reactive ketones (excluding diaryl/α,β-unsaturated/α-hetero) is 2. The molecule has 1 aliphatic rings. The van der Waals surface area contributed by atoms with E-state index in [4.69, 9.17) is 9.47 Å². The van der Waals surface area contributed by atoms with Crippen LogP contribution < -0.4 is 4.74 Å². The van der Waals surface area contributed by atoms with Crippen LogP contribution in [0.25, 0.3) is 6.08 Å². The van der Waals surface area contributed by atoms with Crippen LogP contribution in [-0.2, 0) is 14.3 Å². The van der Waals surface area contributed by atoms with Crippen molar-refractivity contribution in [2.75, 3.05) is 7.11 Å². The highest BCUT2D eigenvalue weighted by molar-refractivity contribution is 6.37. The predicted molar refractivity (Wildman–Crippen MR) is 99.1 cm³/mol. The smallest absolute Gasteiger partial charge is 0.339 e. The fourth-order valence-electron chi connectivity index (χ4n) is 2.84. The summed E-state index contributed by atoms with van der Waals surface area (Å²) in [5.41, 5.74) is 1.12. The third kappa shape index (κ3) is 4.81. The fraction of sp³-hybridized carbons (Fsp3) is 0.476. The van der Waals surface area contributed by atoms with Crippen LogP contribution in [0, 0.1) is 11.8 Å². The van der Waals surface area contributed by atoms with E-state index in [0.29, 0.717) is 29.7 Å². The van der Waals surface area contributed by atoms with Crippen LogP contribution in [0.2, 0.25) is 0 Å². The molecule has 0 aliphatic carbocycles. The Labute approximate surface area is 154 Å². The lowest BCUT2D eigenvalue weighted by atomic mass is 9.92. The van der Waals surface area contributed by atoms with Crippen molar-refractivity contribution < 1.29 is 23.9 Å². The van der Waals surface area contributed by atoms with Crippen molar-refractivity contribution in [1.82, 2.24) is 0 Å². The molecule has 0 unspecified atom stereocenters. The first-order valence-electron chi connectivity index (χ1n) is 8.96. The van der Waals surface area contributed by atoms with Crippen LogP contribution >= 0.6 is 0 Å². The lowest BCUT2D eigenvalue weighted by molar-refractivity contribution is -0.138. The van der Waals surface area contributed by atoms with Crippen LogP contribution in [-0.4, -0.2) is 30.7 Å². The Bertz CT molecular complexity index is 719. The number of carbonyl (C=O) groups excluding carboxylic acids is 3. The third-order valence-electron chi connectivity index (χ3n) is 4.91. The Morgan fingerprint density at radius 1 is 1.12 bits per heavy atom. The zero-order valence-electron chi connectivity index (χ0n) is 15.8. The lowest BCUT2D eigenvalue weighted by Crippen LogP contribution is -2.26. The van der Waals surface area contributed by atoms with Crippen LogP contribution in [0.4, 0.5) is 0 Å². The van der Waals surface area contributed by atoms with E-state index in [1.165, 1.54) is 0 Å². The Balaban J connectivity index is 2.39. The molecule has 1 aliphatic heterocycles. The van der Waals surface area contributed by atoms with Crippen molar-refractivity contribution in [3.8, 4) is 5.75 Å². The minimum absolute atomic E-state index is 0.0220. The number of allylic oxidation sites excluding steroid dienone is 1. The van der Waals surface area contributed by atoms with Gasteiger partial charge in [0, 0.05) is 12.3 Å². The molecule has 1 aromatic carbocycles. The number of ketones is 2. The molecule has 1 aromatic rings. The quantitative estimate of drug-likeness (QED) is 0.563. The Kier molecular flexibility index (Phi) is 6.72. The van der Waals surface area contributed by atoms with Gasteiger partial charge in [0.15, 0.2) is 5.78 Å². The normalized spacial score (nSPS) is 26.5. The van der Waals surface area contributed by atoms with E-state index in [2.05, 4.69) is 0 Å². The van der Waals surface area contributed by atoms with Crippen LogP contribution in [0.3, 0.4) is 0 Å². The van der Waals surface area contributed by atoms with E-state index >= 15 is 0 Å². The average molecular weight is 358 g/mol. The number of methoxy groups -OCH3 is 1. The zero-order valence-corrected chi connectivity index (χ0v) is 15.8. The highest BCUT2D eigenvalue weighted by Gasteiger charge is 2.24. The second-order valence-electron chi connectivity index (χ2n) is 6.91. The monoisotopic (exact) mass is 358 g/mol. The molecule has 0 spiro atoms. The summed E-state index contributed by atoms with van der Waals surface area (Å²) in [6.45, 7) is 5.48. The van der Waals surface area contributed by atoms with Gasteiger partial charge in [0.05, 0.1) is 12.7 Å². The summed E-state index contributed by atoms with van der Waals surface area (Å²) in [5.74, 6) is -0.867. The minimum Gasteiger partial charge on any atom is -0.497 e. The van der Waals surface area contributed by atoms with Gasteiger partial charge in [0.2, 0.25) is 5.78 Å². The Morgan fingerprint density at radius 2 is 1.85 bits per heavy atom. The number of cyclic esters (lactones) is 1. The van der Waals surface area contributed by atoms with Gasteiger partial charge in [-0.1, -0.05) is 26.0 Å². The number of fused-ring (bicyclic) bond motifs is 1. The summed E-state index contributed by atoms with van der Waals surface area (Å²) in [6, 6.07) is 5.16. The second-order valence-corrected chi connectivity index (χ2v) is 6.91. The summed E-state index contributed by atoms with van der Waals surface area (Å²) < 4.78 is 10.8. The summed E-state index contributed by atoms with van der Waals surface area (Å²) in [7, 11) is 1.56. The topological polar surface area (TPSA) is 69.7 Å². The Hall–Kier alpha value is -2.43. The average Bonchev–Trinajstić information content (AvgIpc) is 2.63. The molecule has 0 radical (unpaired) electrons. The first-order valence-corrected chi connectivity index (χ1v) is 8.96. The molecule has 0 amide bonds. The summed E-state index contributed by atoms with van der Waals surface area (Å²) in [6.07, 6.45) is 4.35. The molecule has 0 N–H and O–H groups in total. The zero-order chi connectivity index (χ0) is 19.3. The Morgan fingerprint density at radius 3 is 2.54 bits per heavy atom. The van der Waals surface area contributed by atoms with Crippen molar-refractivity contribution >= 4 is 23.6 Å². The standard InChI is InChI=1S/C21H26O5/c1-13-8-11-19(22)20(23)14(2)6-5-7-16-12-17(25-4)9-10-18(16)21(24)26-15(13)3/h5,7,9-10,12-15H,6,8,11H2,1-4H3/b7-5+/t13-,14+,15+/m1/s1. The molecule has 2 rings (SSSR count). The minimum atomic E-state index is -0.404. The van der Waals surface area contributed by atoms with Crippen LogP contribution in [0.15, 0.2) is 24.3 Å². The maximum atomic E-state index is 12.6. The van der Waals surface area contributed by atoms with E-state index in [9.17, 15) is 14.4 Å². The number of rotatable bonds is 1. The molecule has 0 saturated heterocycles. The van der Waals surface area contributed by atoms with E-state index in [1.54, 1.807) is 44.4 Å². The van der Waals surface area contributed by atoms with Gasteiger partial charge in [-0.2, -0.15) is 0 Å². The van der Waals surface area contributed by atoms with Crippen molar-refractivity contribution in [2.45, 2.75) is 46.1 Å². The number of carbonyl (C=O) groups is 3. The fourth-order valence-corrected chi connectivity index (χ4v) is 2.84. The van der Waals surface area contributed by atoms with Crippen LogP contribution in [0.5, 0.6) is 5.75 Å². The molecule has 1 heterocycles. The van der Waals surface area contributed by atoms with Gasteiger partial charge in [-0.15, -0.1) is 0 Å². The maximum Gasteiger partial charge on any atom is 0.339 e. The molecule has 0 bridgehead atoms. The number of hydrogen-bond acceptors (Lipinski definition) is 5. The highest BCUT2D eigenvalue weighted by atomic mass is 16.5. The van der Waals surface area contributed by atoms with Crippen molar-refractivity contribution in [3.63, 3.8) is 0 Å². The van der Waals surface area contributed by atoms with Gasteiger partial charge < -0.3 is 9.47 Å². The molecule has 3 atom stereocenters. The van der Waals surface area contributed by atoms with Gasteiger partial charge in [-0.05, 0) is 49.4 Å². The maximum absolute atomic E-state index is 12.6. The van der Waals surface area contributed by atoms with Crippen molar-refractivity contribution in [2.24, 2.45) is 11.8 Å². The SMILES string of the molecule is COc1ccc2c(c1)/C=C/C[C@H](C)C(=O)C(=O)CC[C@@H](C)[C@H](C)OC2=O. The summed E-state index contributed by atoms with van der Waals surface area (Å²) in [5, 5.41) is 0. The number of benzene rings is 1. The predicted octanol–water partition coefficient (Wildman–Crippen LogP) is 3.85. The van der Waals surface area contributed by atoms with Gasteiger partial charge in [0.25, 0.3) is 0 Å². The van der Waals surface area contributed by atoms with E-state index in [0.717, 1.165) is 0 Å². The molecule has 140 valence electrons. The molecule has 0 saturated carbocycles. The van der Waals surface area contributed by atoms with Gasteiger partial charge in [-0.25, -0.2) is 4.79 Å². The highest BCUT2D eigenvalue weighted by Crippen LogP contribution is 2.23. The van der Waals surface area contributed by atoms with E-state index in [1.807, 2.05) is 13.8 Å². The van der Waals surface area contributed by atoms with Crippen molar-refractivity contribution in [3.05, 3.63) is 35.4 Å². The summed E-state index contributed by atoms with van der Waals surface area (Å²) in [4.78, 5) is 36.9. The molecule has 0 aromatic heterocycles. The molecule has 5 heteroatoms. The van der Waals surface area contributed by atoms with Gasteiger partial charge in [0.1, 0.15) is 11.9 Å². The van der Waals surface area contributed by atoms with Crippen molar-refractivity contribution in [1.29, 1.82) is 0 Å². The van der Waals surface area contributed by atoms with E-state index < -0.39 is 5.97 Å². The summed E-state index contributed by atoms with van der Waals surface area (Å²) >= 11 is 0. The largest absolute Gasteiger partial charge is 0.497 e. The van der Waals surface area contributed by atoms with Crippen LogP contribution in [0.1, 0.15) is 56.0 Å². The molecule has 5 nitrogen and oxygen atoms in total. The molecular formula is C21H26O5. The number of ether oxygens (including phenoxy) is 2. The number of hydrogen-bond donors (Lipinski definition) is 0. The van der Waals surface area contributed by atoms with E-state index in [-0.39, 0.29) is 35.9 Å². The van der Waals surface area contributed by atoms with Gasteiger partial charge in [-0.3, -0.25) is 9.59 Å². The second kappa shape index (κ2) is 8.79. The molecule has 26 heavy (non-hydrogen) atoms. The first-order chi connectivity index (χ1) is 12.3. The molecular weight excluding hydrogens is 332 g/mol. The lowest BCUT2D eigenvalue weighted by Gasteiger charge is -2.21. The molecule has 0 fully saturated rings. The van der Waals surface area contributed by atoms with Gasteiger partial charge >= 0.3 is 5.97 Å².